The molecular weight excluding hydrogens is 452 g/mol. The van der Waals surface area contributed by atoms with E-state index in [0.29, 0.717) is 45.7 Å². The third-order valence-corrected chi connectivity index (χ3v) is 6.51. The molecule has 1 N–H and O–H groups in total. The molecule has 3 aromatic heterocycles. The lowest BCUT2D eigenvalue weighted by molar-refractivity contribution is -0.113. The lowest BCUT2D eigenvalue weighted by Gasteiger charge is -2.11. The highest BCUT2D eigenvalue weighted by Crippen LogP contribution is 2.26. The van der Waals surface area contributed by atoms with E-state index >= 15 is 0 Å². The fourth-order valence-electron chi connectivity index (χ4n) is 3.61. The SMILES string of the molecule is COc1ccc(C)cc1NC(=O)CSc1nnc(Cc2c(C)nc3ccc(C)cn3c2=O)n1C. The van der Waals surface area contributed by atoms with E-state index in [-0.39, 0.29) is 17.2 Å². The number of fused-ring (bicyclic) bond motifs is 1. The first kappa shape index (κ1) is 23.5. The van der Waals surface area contributed by atoms with Crippen LogP contribution in [0.4, 0.5) is 5.69 Å². The van der Waals surface area contributed by atoms with Gasteiger partial charge in [0.25, 0.3) is 5.56 Å². The van der Waals surface area contributed by atoms with Crippen LogP contribution in [-0.4, -0.2) is 42.9 Å². The van der Waals surface area contributed by atoms with Gasteiger partial charge in [-0.15, -0.1) is 10.2 Å². The second-order valence-corrected chi connectivity index (χ2v) is 9.03. The summed E-state index contributed by atoms with van der Waals surface area (Å²) in [6.45, 7) is 5.71. The fourth-order valence-corrected chi connectivity index (χ4v) is 4.34. The van der Waals surface area contributed by atoms with Crippen molar-refractivity contribution in [1.82, 2.24) is 24.1 Å². The minimum Gasteiger partial charge on any atom is -0.495 e. The Bertz CT molecular complexity index is 1440. The maximum atomic E-state index is 13.1. The summed E-state index contributed by atoms with van der Waals surface area (Å²) >= 11 is 1.27. The standard InChI is InChI=1S/C24H26N6O3S/c1-14-6-8-19(33-5)18(10-14)26-22(31)13-34-24-28-27-21(29(24)4)11-17-16(3)25-20-9-7-15(2)12-30(20)23(17)32/h6-10,12H,11,13H2,1-5H3,(H,26,31). The number of hydrogen-bond acceptors (Lipinski definition) is 7. The Morgan fingerprint density at radius 1 is 1.12 bits per heavy atom. The van der Waals surface area contributed by atoms with E-state index in [4.69, 9.17) is 4.74 Å². The van der Waals surface area contributed by atoms with Gasteiger partial charge in [-0.1, -0.05) is 23.9 Å². The summed E-state index contributed by atoms with van der Waals surface area (Å²) in [7, 11) is 3.39. The number of benzene rings is 1. The molecule has 0 saturated carbocycles. The Morgan fingerprint density at radius 2 is 1.88 bits per heavy atom. The van der Waals surface area contributed by atoms with Crippen LogP contribution in [0, 0.1) is 20.8 Å². The molecule has 1 amide bonds. The van der Waals surface area contributed by atoms with Crippen molar-refractivity contribution in [2.24, 2.45) is 7.05 Å². The van der Waals surface area contributed by atoms with Crippen molar-refractivity contribution in [1.29, 1.82) is 0 Å². The minimum atomic E-state index is -0.179. The Morgan fingerprint density at radius 3 is 2.65 bits per heavy atom. The summed E-state index contributed by atoms with van der Waals surface area (Å²) in [5.74, 6) is 1.20. The molecule has 0 saturated heterocycles. The van der Waals surface area contributed by atoms with E-state index in [1.165, 1.54) is 11.8 Å². The van der Waals surface area contributed by atoms with Crippen molar-refractivity contribution < 1.29 is 9.53 Å². The normalized spacial score (nSPS) is 11.1. The zero-order valence-corrected chi connectivity index (χ0v) is 20.6. The summed E-state index contributed by atoms with van der Waals surface area (Å²) in [6.07, 6.45) is 2.08. The summed E-state index contributed by atoms with van der Waals surface area (Å²) in [6, 6.07) is 9.37. The minimum absolute atomic E-state index is 0.116. The van der Waals surface area contributed by atoms with Crippen LogP contribution in [0.3, 0.4) is 0 Å². The molecule has 9 nitrogen and oxygen atoms in total. The molecule has 0 spiro atoms. The number of hydrogen-bond donors (Lipinski definition) is 1. The van der Waals surface area contributed by atoms with Gasteiger partial charge in [-0.05, 0) is 50.1 Å². The number of ether oxygens (including phenoxy) is 1. The second-order valence-electron chi connectivity index (χ2n) is 8.09. The molecule has 0 aliphatic carbocycles. The highest BCUT2D eigenvalue weighted by atomic mass is 32.2. The number of amides is 1. The van der Waals surface area contributed by atoms with E-state index in [9.17, 15) is 9.59 Å². The van der Waals surface area contributed by atoms with E-state index in [2.05, 4.69) is 20.5 Å². The summed E-state index contributed by atoms with van der Waals surface area (Å²) in [5.41, 5.74) is 4.35. The molecule has 0 fully saturated rings. The van der Waals surface area contributed by atoms with Gasteiger partial charge in [0.1, 0.15) is 17.2 Å². The van der Waals surface area contributed by atoms with E-state index in [0.717, 1.165) is 11.1 Å². The average Bonchev–Trinajstić information content (AvgIpc) is 3.15. The molecule has 3 heterocycles. The van der Waals surface area contributed by atoms with Crippen LogP contribution in [-0.2, 0) is 18.3 Å². The summed E-state index contributed by atoms with van der Waals surface area (Å²) in [4.78, 5) is 30.2. The number of aryl methyl sites for hydroxylation is 3. The monoisotopic (exact) mass is 478 g/mol. The Balaban J connectivity index is 1.48. The van der Waals surface area contributed by atoms with Crippen LogP contribution < -0.4 is 15.6 Å². The maximum Gasteiger partial charge on any atom is 0.261 e. The van der Waals surface area contributed by atoms with Crippen molar-refractivity contribution in [2.75, 3.05) is 18.2 Å². The molecule has 4 rings (SSSR count). The van der Waals surface area contributed by atoms with Crippen LogP contribution in [0.1, 0.15) is 28.2 Å². The molecule has 4 aromatic rings. The number of aromatic nitrogens is 5. The average molecular weight is 479 g/mol. The summed E-state index contributed by atoms with van der Waals surface area (Å²) in [5, 5.41) is 11.9. The third kappa shape index (κ3) is 4.81. The molecule has 0 bridgehead atoms. The van der Waals surface area contributed by atoms with E-state index in [1.54, 1.807) is 22.3 Å². The van der Waals surface area contributed by atoms with Crippen LogP contribution in [0.5, 0.6) is 5.75 Å². The Labute approximate surface area is 201 Å². The Kier molecular flexibility index (Phi) is 6.69. The lowest BCUT2D eigenvalue weighted by Crippen LogP contribution is -2.22. The van der Waals surface area contributed by atoms with Crippen molar-refractivity contribution in [3.05, 3.63) is 75.1 Å². The molecule has 176 valence electrons. The molecule has 0 unspecified atom stereocenters. The molecular formula is C24H26N6O3S. The number of thioether (sulfide) groups is 1. The van der Waals surface area contributed by atoms with Gasteiger partial charge in [0, 0.05) is 30.9 Å². The van der Waals surface area contributed by atoms with Crippen molar-refractivity contribution in [3.63, 3.8) is 0 Å². The van der Waals surface area contributed by atoms with Gasteiger partial charge < -0.3 is 14.6 Å². The number of rotatable bonds is 7. The maximum absolute atomic E-state index is 13.1. The van der Waals surface area contributed by atoms with E-state index < -0.39 is 0 Å². The van der Waals surface area contributed by atoms with Crippen LogP contribution in [0.2, 0.25) is 0 Å². The number of carbonyl (C=O) groups is 1. The fraction of sp³-hybridized carbons (Fsp3) is 0.292. The highest BCUT2D eigenvalue weighted by Gasteiger charge is 2.17. The molecule has 0 aliphatic heterocycles. The van der Waals surface area contributed by atoms with Gasteiger partial charge in [-0.3, -0.25) is 14.0 Å². The number of pyridine rings is 1. The smallest absolute Gasteiger partial charge is 0.261 e. The van der Waals surface area contributed by atoms with Gasteiger partial charge in [0.15, 0.2) is 5.16 Å². The van der Waals surface area contributed by atoms with Crippen molar-refractivity contribution >= 4 is 29.0 Å². The number of methoxy groups -OCH3 is 1. The second kappa shape index (κ2) is 9.68. The zero-order chi connectivity index (χ0) is 24.4. The Hall–Kier alpha value is -3.66. The number of carbonyl (C=O) groups excluding carboxylic acids is 1. The molecule has 0 aliphatic rings. The van der Waals surface area contributed by atoms with Gasteiger partial charge in [-0.25, -0.2) is 4.98 Å². The predicted molar refractivity (Wildman–Crippen MR) is 132 cm³/mol. The van der Waals surface area contributed by atoms with E-state index in [1.807, 2.05) is 58.2 Å². The number of nitrogens with one attached hydrogen (secondary N) is 1. The van der Waals surface area contributed by atoms with Crippen LogP contribution >= 0.6 is 11.8 Å². The topological polar surface area (TPSA) is 103 Å². The third-order valence-electron chi connectivity index (χ3n) is 5.49. The van der Waals surface area contributed by atoms with Gasteiger partial charge in [0.05, 0.1) is 18.6 Å². The molecule has 1 aromatic carbocycles. The van der Waals surface area contributed by atoms with Gasteiger partial charge in [-0.2, -0.15) is 0 Å². The van der Waals surface area contributed by atoms with Crippen molar-refractivity contribution in [3.8, 4) is 5.75 Å². The zero-order valence-electron chi connectivity index (χ0n) is 19.7. The van der Waals surface area contributed by atoms with Gasteiger partial charge in [0.2, 0.25) is 5.91 Å². The molecule has 0 atom stereocenters. The molecule has 10 heteroatoms. The summed E-state index contributed by atoms with van der Waals surface area (Å²) < 4.78 is 8.68. The van der Waals surface area contributed by atoms with Gasteiger partial charge >= 0.3 is 0 Å². The van der Waals surface area contributed by atoms with Crippen molar-refractivity contribution in [2.45, 2.75) is 32.3 Å². The molecule has 0 radical (unpaired) electrons. The first-order chi connectivity index (χ1) is 16.3. The highest BCUT2D eigenvalue weighted by molar-refractivity contribution is 7.99. The largest absolute Gasteiger partial charge is 0.495 e. The number of anilines is 1. The van der Waals surface area contributed by atoms with Crippen LogP contribution in [0.15, 0.2) is 46.5 Å². The predicted octanol–water partition coefficient (Wildman–Crippen LogP) is 3.08. The first-order valence-electron chi connectivity index (χ1n) is 10.7. The first-order valence-corrected chi connectivity index (χ1v) is 11.7. The lowest BCUT2D eigenvalue weighted by atomic mass is 10.1. The quantitative estimate of drug-likeness (QED) is 0.407. The number of nitrogens with zero attached hydrogens (tertiary/aromatic N) is 5. The molecule has 34 heavy (non-hydrogen) atoms. The van der Waals surface area contributed by atoms with Crippen LogP contribution in [0.25, 0.3) is 5.65 Å².